The first-order valence-corrected chi connectivity index (χ1v) is 10.7. The van der Waals surface area contributed by atoms with Crippen LogP contribution in [0.25, 0.3) is 22.2 Å². The number of unbranched alkanes of at least 4 members (excludes halogenated alkanes) is 1. The summed E-state index contributed by atoms with van der Waals surface area (Å²) in [4.78, 5) is 29.0. The van der Waals surface area contributed by atoms with Crippen LogP contribution in [0.15, 0.2) is 57.6 Å². The molecule has 0 spiro atoms. The standard InChI is InChI=1S/C24H24FN3O4/c1-2-18-14-20(27-32-18)15-7-12-19-21(13-15)26-22(5-3-4-6-23(29)30)28(24(19)31)17-10-8-16(25)9-11-17/h7-10,12-14,17H,2-6,11H2,1H3,(H,29,30). The summed E-state index contributed by atoms with van der Waals surface area (Å²) in [5.41, 5.74) is 1.81. The molecule has 3 aromatic rings. The van der Waals surface area contributed by atoms with Gasteiger partial charge in [0.1, 0.15) is 23.1 Å². The van der Waals surface area contributed by atoms with Crippen molar-refractivity contribution in [2.75, 3.05) is 0 Å². The van der Waals surface area contributed by atoms with Gasteiger partial charge in [-0.1, -0.05) is 24.2 Å². The van der Waals surface area contributed by atoms with Crippen LogP contribution >= 0.6 is 0 Å². The number of aryl methyl sites for hydroxylation is 2. The first-order chi connectivity index (χ1) is 15.5. The van der Waals surface area contributed by atoms with Crippen LogP contribution in [0, 0.1) is 0 Å². The Morgan fingerprint density at radius 3 is 2.84 bits per heavy atom. The average molecular weight is 437 g/mol. The largest absolute Gasteiger partial charge is 0.481 e. The first-order valence-electron chi connectivity index (χ1n) is 10.7. The van der Waals surface area contributed by atoms with Gasteiger partial charge < -0.3 is 9.63 Å². The van der Waals surface area contributed by atoms with Gasteiger partial charge >= 0.3 is 5.97 Å². The number of carboxylic acids is 1. The normalized spacial score (nSPS) is 15.8. The van der Waals surface area contributed by atoms with Crippen molar-refractivity contribution in [1.82, 2.24) is 14.7 Å². The molecule has 8 heteroatoms. The van der Waals surface area contributed by atoms with E-state index >= 15 is 0 Å². The minimum atomic E-state index is -0.853. The Labute approximate surface area is 183 Å². The Bertz CT molecular complexity index is 1270. The van der Waals surface area contributed by atoms with Crippen LogP contribution in [-0.2, 0) is 17.6 Å². The van der Waals surface area contributed by atoms with E-state index in [-0.39, 0.29) is 23.8 Å². The Hall–Kier alpha value is -3.55. The fraction of sp³-hybridized carbons (Fsp3) is 0.333. The molecule has 1 aliphatic carbocycles. The number of rotatable bonds is 8. The van der Waals surface area contributed by atoms with E-state index in [2.05, 4.69) is 5.16 Å². The Morgan fingerprint density at radius 2 is 2.16 bits per heavy atom. The maximum atomic E-state index is 13.5. The lowest BCUT2D eigenvalue weighted by Crippen LogP contribution is -2.29. The lowest BCUT2D eigenvalue weighted by Gasteiger charge is -2.21. The maximum Gasteiger partial charge on any atom is 0.303 e. The number of carboxylic acid groups (broad SMARTS) is 1. The van der Waals surface area contributed by atoms with Crippen LogP contribution < -0.4 is 5.56 Å². The number of nitrogens with zero attached hydrogens (tertiary/aromatic N) is 3. The summed E-state index contributed by atoms with van der Waals surface area (Å²) in [6.45, 7) is 1.98. The Morgan fingerprint density at radius 1 is 1.31 bits per heavy atom. The van der Waals surface area contributed by atoms with E-state index in [9.17, 15) is 14.0 Å². The van der Waals surface area contributed by atoms with E-state index in [1.165, 1.54) is 12.2 Å². The van der Waals surface area contributed by atoms with Crippen molar-refractivity contribution in [3.05, 3.63) is 70.3 Å². The molecule has 1 unspecified atom stereocenters. The summed E-state index contributed by atoms with van der Waals surface area (Å²) in [7, 11) is 0. The fourth-order valence-corrected chi connectivity index (χ4v) is 3.87. The number of aromatic nitrogens is 3. The van der Waals surface area contributed by atoms with Gasteiger partial charge in [-0.15, -0.1) is 0 Å². The van der Waals surface area contributed by atoms with E-state index in [0.29, 0.717) is 48.1 Å². The van der Waals surface area contributed by atoms with Crippen molar-refractivity contribution in [2.24, 2.45) is 0 Å². The Balaban J connectivity index is 1.75. The molecule has 4 rings (SSSR count). The van der Waals surface area contributed by atoms with Crippen molar-refractivity contribution < 1.29 is 18.8 Å². The zero-order valence-corrected chi connectivity index (χ0v) is 17.8. The SMILES string of the molecule is CCc1cc(-c2ccc3c(=O)n(C4C=CC(F)=CC4)c(CCCCC(=O)O)nc3c2)no1. The minimum Gasteiger partial charge on any atom is -0.481 e. The van der Waals surface area contributed by atoms with Crippen LogP contribution in [0.4, 0.5) is 4.39 Å². The summed E-state index contributed by atoms with van der Waals surface area (Å²) in [6.07, 6.45) is 7.13. The molecule has 0 fully saturated rings. The second kappa shape index (κ2) is 9.30. The number of carbonyl (C=O) groups is 1. The lowest BCUT2D eigenvalue weighted by molar-refractivity contribution is -0.137. The molecule has 0 aliphatic heterocycles. The van der Waals surface area contributed by atoms with Crippen LogP contribution in [0.2, 0.25) is 0 Å². The molecule has 1 aromatic carbocycles. The smallest absolute Gasteiger partial charge is 0.303 e. The zero-order valence-electron chi connectivity index (χ0n) is 17.8. The molecule has 166 valence electrons. The summed E-state index contributed by atoms with van der Waals surface area (Å²) in [5, 5.41) is 13.5. The van der Waals surface area contributed by atoms with Gasteiger partial charge in [-0.3, -0.25) is 14.2 Å². The molecule has 1 N–H and O–H groups in total. The third-order valence-corrected chi connectivity index (χ3v) is 5.58. The molecule has 0 radical (unpaired) electrons. The van der Waals surface area contributed by atoms with Crippen LogP contribution in [0.5, 0.6) is 0 Å². The highest BCUT2D eigenvalue weighted by Gasteiger charge is 2.20. The number of hydrogen-bond acceptors (Lipinski definition) is 5. The molecule has 2 heterocycles. The number of hydrogen-bond donors (Lipinski definition) is 1. The highest BCUT2D eigenvalue weighted by atomic mass is 19.1. The van der Waals surface area contributed by atoms with E-state index in [1.807, 2.05) is 25.1 Å². The second-order valence-electron chi connectivity index (χ2n) is 7.82. The van der Waals surface area contributed by atoms with Gasteiger partial charge in [0.25, 0.3) is 5.56 Å². The fourth-order valence-electron chi connectivity index (χ4n) is 3.87. The van der Waals surface area contributed by atoms with Gasteiger partial charge in [-0.05, 0) is 43.5 Å². The van der Waals surface area contributed by atoms with Crippen molar-refractivity contribution in [1.29, 1.82) is 0 Å². The van der Waals surface area contributed by atoms with Crippen LogP contribution in [0.3, 0.4) is 0 Å². The van der Waals surface area contributed by atoms with Gasteiger partial charge in [-0.2, -0.15) is 0 Å². The summed E-state index contributed by atoms with van der Waals surface area (Å²) in [5.74, 6) is 0.153. The topological polar surface area (TPSA) is 98.2 Å². The molecular weight excluding hydrogens is 413 g/mol. The van der Waals surface area contributed by atoms with Gasteiger partial charge in [-0.25, -0.2) is 9.37 Å². The third-order valence-electron chi connectivity index (χ3n) is 5.58. The molecule has 0 bridgehead atoms. The van der Waals surface area contributed by atoms with Crippen molar-refractivity contribution in [3.8, 4) is 11.3 Å². The highest BCUT2D eigenvalue weighted by molar-refractivity contribution is 5.83. The number of halogens is 1. The van der Waals surface area contributed by atoms with Crippen molar-refractivity contribution in [2.45, 2.75) is 51.5 Å². The molecule has 2 aromatic heterocycles. The Kier molecular flexibility index (Phi) is 6.30. The maximum absolute atomic E-state index is 13.5. The predicted molar refractivity (Wildman–Crippen MR) is 118 cm³/mol. The number of allylic oxidation sites excluding steroid dienone is 4. The van der Waals surface area contributed by atoms with Crippen LogP contribution in [0.1, 0.15) is 50.2 Å². The molecule has 0 saturated heterocycles. The average Bonchev–Trinajstić information content (AvgIpc) is 3.27. The highest BCUT2D eigenvalue weighted by Crippen LogP contribution is 2.26. The molecule has 1 aliphatic rings. The van der Waals surface area contributed by atoms with Crippen LogP contribution in [-0.4, -0.2) is 25.8 Å². The molecule has 0 saturated carbocycles. The van der Waals surface area contributed by atoms with E-state index in [0.717, 1.165) is 17.7 Å². The molecule has 0 amide bonds. The predicted octanol–water partition coefficient (Wildman–Crippen LogP) is 4.77. The lowest BCUT2D eigenvalue weighted by atomic mass is 10.1. The third kappa shape index (κ3) is 4.54. The summed E-state index contributed by atoms with van der Waals surface area (Å²) >= 11 is 0. The van der Waals surface area contributed by atoms with Crippen molar-refractivity contribution >= 4 is 16.9 Å². The minimum absolute atomic E-state index is 0.0607. The molecule has 32 heavy (non-hydrogen) atoms. The zero-order chi connectivity index (χ0) is 22.7. The van der Waals surface area contributed by atoms with Gasteiger partial charge in [0.15, 0.2) is 0 Å². The van der Waals surface area contributed by atoms with E-state index in [4.69, 9.17) is 14.6 Å². The quantitative estimate of drug-likeness (QED) is 0.510. The van der Waals surface area contributed by atoms with Gasteiger partial charge in [0.05, 0.1) is 16.9 Å². The molecule has 7 nitrogen and oxygen atoms in total. The van der Waals surface area contributed by atoms with Crippen molar-refractivity contribution in [3.63, 3.8) is 0 Å². The summed E-state index contributed by atoms with van der Waals surface area (Å²) in [6, 6.07) is 6.89. The van der Waals surface area contributed by atoms with Gasteiger partial charge in [0, 0.05) is 30.9 Å². The first kappa shape index (κ1) is 21.7. The number of aliphatic carboxylic acids is 1. The monoisotopic (exact) mass is 437 g/mol. The second-order valence-corrected chi connectivity index (χ2v) is 7.82. The summed E-state index contributed by atoms with van der Waals surface area (Å²) < 4.78 is 20.4. The van der Waals surface area contributed by atoms with E-state index in [1.54, 1.807) is 16.7 Å². The van der Waals surface area contributed by atoms with E-state index < -0.39 is 5.97 Å². The molecular formula is C24H24FN3O4. The molecule has 1 atom stereocenters. The number of benzene rings is 1. The number of fused-ring (bicyclic) bond motifs is 1. The van der Waals surface area contributed by atoms with Gasteiger partial charge in [0.2, 0.25) is 0 Å².